The molecule has 4 nitrogen and oxygen atoms in total. The Bertz CT molecular complexity index is 521. The SMILES string of the molecule is Cc1ccc(C(NN)c2ccnn2C)c(Br)c1. The van der Waals surface area contributed by atoms with Gasteiger partial charge in [0.2, 0.25) is 0 Å². The van der Waals surface area contributed by atoms with Gasteiger partial charge in [-0.05, 0) is 30.2 Å². The summed E-state index contributed by atoms with van der Waals surface area (Å²) in [5, 5.41) is 4.16. The van der Waals surface area contributed by atoms with Gasteiger partial charge in [0, 0.05) is 17.7 Å². The normalized spacial score (nSPS) is 12.7. The predicted octanol–water partition coefficient (Wildman–Crippen LogP) is 2.04. The molecule has 1 atom stereocenters. The molecule has 0 saturated heterocycles. The van der Waals surface area contributed by atoms with Crippen LogP contribution < -0.4 is 11.3 Å². The van der Waals surface area contributed by atoms with Crippen LogP contribution >= 0.6 is 15.9 Å². The number of hydrazine groups is 1. The van der Waals surface area contributed by atoms with Crippen LogP contribution in [0.1, 0.15) is 22.9 Å². The molecule has 0 spiro atoms. The van der Waals surface area contributed by atoms with E-state index in [1.54, 1.807) is 6.20 Å². The Morgan fingerprint density at radius 2 is 2.18 bits per heavy atom. The van der Waals surface area contributed by atoms with Crippen molar-refractivity contribution in [3.05, 3.63) is 51.8 Å². The number of aromatic nitrogens is 2. The van der Waals surface area contributed by atoms with Gasteiger partial charge in [0.1, 0.15) is 0 Å². The topological polar surface area (TPSA) is 55.9 Å². The standard InChI is InChI=1S/C12H15BrN4/c1-8-3-4-9(10(13)7-8)12(16-14)11-5-6-15-17(11)2/h3-7,12,16H,14H2,1-2H3. The predicted molar refractivity (Wildman–Crippen MR) is 71.3 cm³/mol. The fourth-order valence-corrected chi connectivity index (χ4v) is 2.59. The average molecular weight is 295 g/mol. The minimum absolute atomic E-state index is 0.0718. The zero-order chi connectivity index (χ0) is 12.4. The smallest absolute Gasteiger partial charge is 0.0889 e. The highest BCUT2D eigenvalue weighted by atomic mass is 79.9. The number of aryl methyl sites for hydroxylation is 2. The summed E-state index contributed by atoms with van der Waals surface area (Å²) in [5.74, 6) is 5.66. The van der Waals surface area contributed by atoms with Crippen molar-refractivity contribution in [2.45, 2.75) is 13.0 Å². The summed E-state index contributed by atoms with van der Waals surface area (Å²) in [4.78, 5) is 0. The van der Waals surface area contributed by atoms with Gasteiger partial charge in [0.05, 0.1) is 11.7 Å². The third-order valence-corrected chi connectivity index (χ3v) is 3.47. The fourth-order valence-electron chi connectivity index (χ4n) is 1.87. The molecule has 0 aliphatic carbocycles. The van der Waals surface area contributed by atoms with Gasteiger partial charge in [0.15, 0.2) is 0 Å². The van der Waals surface area contributed by atoms with Crippen molar-refractivity contribution in [3.63, 3.8) is 0 Å². The quantitative estimate of drug-likeness (QED) is 0.673. The van der Waals surface area contributed by atoms with Crippen molar-refractivity contribution < 1.29 is 0 Å². The van der Waals surface area contributed by atoms with Gasteiger partial charge < -0.3 is 0 Å². The Morgan fingerprint density at radius 1 is 1.41 bits per heavy atom. The molecule has 0 aliphatic heterocycles. The van der Waals surface area contributed by atoms with Crippen molar-refractivity contribution in [1.29, 1.82) is 0 Å². The summed E-state index contributed by atoms with van der Waals surface area (Å²) < 4.78 is 2.86. The van der Waals surface area contributed by atoms with Crippen LogP contribution in [0.2, 0.25) is 0 Å². The lowest BCUT2D eigenvalue weighted by atomic mass is 10.0. The van der Waals surface area contributed by atoms with Gasteiger partial charge in [-0.15, -0.1) is 0 Å². The molecule has 2 rings (SSSR count). The first kappa shape index (κ1) is 12.3. The summed E-state index contributed by atoms with van der Waals surface area (Å²) in [6.45, 7) is 2.06. The van der Waals surface area contributed by atoms with E-state index in [1.165, 1.54) is 5.56 Å². The van der Waals surface area contributed by atoms with E-state index < -0.39 is 0 Å². The summed E-state index contributed by atoms with van der Waals surface area (Å²) in [6.07, 6.45) is 1.77. The van der Waals surface area contributed by atoms with Gasteiger partial charge in [-0.3, -0.25) is 10.5 Å². The molecular weight excluding hydrogens is 280 g/mol. The second-order valence-electron chi connectivity index (χ2n) is 4.00. The molecule has 5 heteroatoms. The Balaban J connectivity index is 2.46. The highest BCUT2D eigenvalue weighted by molar-refractivity contribution is 9.10. The van der Waals surface area contributed by atoms with E-state index in [0.29, 0.717) is 0 Å². The molecule has 1 unspecified atom stereocenters. The van der Waals surface area contributed by atoms with E-state index in [-0.39, 0.29) is 6.04 Å². The molecule has 0 amide bonds. The molecular formula is C12H15BrN4. The Kier molecular flexibility index (Phi) is 3.61. The van der Waals surface area contributed by atoms with E-state index in [0.717, 1.165) is 15.7 Å². The number of halogens is 1. The van der Waals surface area contributed by atoms with Crippen molar-refractivity contribution in [1.82, 2.24) is 15.2 Å². The van der Waals surface area contributed by atoms with Gasteiger partial charge in [-0.1, -0.05) is 28.1 Å². The van der Waals surface area contributed by atoms with Crippen LogP contribution in [0.25, 0.3) is 0 Å². The highest BCUT2D eigenvalue weighted by Gasteiger charge is 2.18. The van der Waals surface area contributed by atoms with Crippen LogP contribution in [0.5, 0.6) is 0 Å². The summed E-state index contributed by atoms with van der Waals surface area (Å²) in [5.41, 5.74) is 6.16. The number of rotatable bonds is 3. The number of nitrogens with one attached hydrogen (secondary N) is 1. The second-order valence-corrected chi connectivity index (χ2v) is 4.86. The first-order chi connectivity index (χ1) is 8.13. The van der Waals surface area contributed by atoms with Crippen LogP contribution in [0.4, 0.5) is 0 Å². The van der Waals surface area contributed by atoms with Crippen molar-refractivity contribution in [2.75, 3.05) is 0 Å². The number of nitrogens with two attached hydrogens (primary N) is 1. The van der Waals surface area contributed by atoms with Crippen LogP contribution in [0, 0.1) is 6.92 Å². The van der Waals surface area contributed by atoms with E-state index >= 15 is 0 Å². The van der Waals surface area contributed by atoms with E-state index in [1.807, 2.05) is 17.8 Å². The number of nitrogens with zero attached hydrogens (tertiary/aromatic N) is 2. The Labute approximate surface area is 109 Å². The molecule has 1 aromatic heterocycles. The maximum atomic E-state index is 5.66. The molecule has 17 heavy (non-hydrogen) atoms. The first-order valence-corrected chi connectivity index (χ1v) is 6.13. The fraction of sp³-hybridized carbons (Fsp3) is 0.250. The molecule has 1 aromatic carbocycles. The molecule has 0 bridgehead atoms. The van der Waals surface area contributed by atoms with E-state index in [2.05, 4.69) is 51.6 Å². The van der Waals surface area contributed by atoms with Crippen LogP contribution in [-0.4, -0.2) is 9.78 Å². The number of hydrogen-bond donors (Lipinski definition) is 2. The van der Waals surface area contributed by atoms with Crippen molar-refractivity contribution >= 4 is 15.9 Å². The molecule has 0 fully saturated rings. The molecule has 0 radical (unpaired) electrons. The van der Waals surface area contributed by atoms with Crippen LogP contribution in [-0.2, 0) is 7.05 Å². The zero-order valence-electron chi connectivity index (χ0n) is 9.81. The van der Waals surface area contributed by atoms with Gasteiger partial charge in [-0.2, -0.15) is 5.10 Å². The van der Waals surface area contributed by atoms with E-state index in [4.69, 9.17) is 5.84 Å². The third kappa shape index (κ3) is 2.41. The van der Waals surface area contributed by atoms with E-state index in [9.17, 15) is 0 Å². The molecule has 2 aromatic rings. The second kappa shape index (κ2) is 5.00. The first-order valence-electron chi connectivity index (χ1n) is 5.33. The minimum atomic E-state index is -0.0718. The van der Waals surface area contributed by atoms with Gasteiger partial charge in [-0.25, -0.2) is 5.43 Å². The minimum Gasteiger partial charge on any atom is -0.271 e. The van der Waals surface area contributed by atoms with Crippen molar-refractivity contribution in [2.24, 2.45) is 12.9 Å². The Morgan fingerprint density at radius 3 is 2.71 bits per heavy atom. The highest BCUT2D eigenvalue weighted by Crippen LogP contribution is 2.28. The Hall–Kier alpha value is -1.17. The largest absolute Gasteiger partial charge is 0.271 e. The lowest BCUT2D eigenvalue weighted by molar-refractivity contribution is 0.573. The third-order valence-electron chi connectivity index (χ3n) is 2.79. The number of benzene rings is 1. The maximum Gasteiger partial charge on any atom is 0.0889 e. The summed E-state index contributed by atoms with van der Waals surface area (Å²) >= 11 is 3.57. The van der Waals surface area contributed by atoms with Crippen molar-refractivity contribution in [3.8, 4) is 0 Å². The number of hydrogen-bond acceptors (Lipinski definition) is 3. The maximum absolute atomic E-state index is 5.66. The van der Waals surface area contributed by atoms with Crippen LogP contribution in [0.15, 0.2) is 34.9 Å². The van der Waals surface area contributed by atoms with Gasteiger partial charge in [0.25, 0.3) is 0 Å². The molecule has 1 heterocycles. The molecule has 90 valence electrons. The zero-order valence-corrected chi connectivity index (χ0v) is 11.4. The average Bonchev–Trinajstić information content (AvgIpc) is 2.69. The van der Waals surface area contributed by atoms with Gasteiger partial charge >= 0.3 is 0 Å². The molecule has 0 saturated carbocycles. The molecule has 0 aliphatic rings. The summed E-state index contributed by atoms with van der Waals surface area (Å²) in [6, 6.07) is 8.10. The van der Waals surface area contributed by atoms with Crippen LogP contribution in [0.3, 0.4) is 0 Å². The summed E-state index contributed by atoms with van der Waals surface area (Å²) in [7, 11) is 1.90. The molecule has 3 N–H and O–H groups in total. The monoisotopic (exact) mass is 294 g/mol. The lowest BCUT2D eigenvalue weighted by Gasteiger charge is -2.18. The lowest BCUT2D eigenvalue weighted by Crippen LogP contribution is -2.30.